The fourth-order valence-corrected chi connectivity index (χ4v) is 2.67. The van der Waals surface area contributed by atoms with E-state index in [4.69, 9.17) is 15.6 Å². The topological polar surface area (TPSA) is 107 Å². The summed E-state index contributed by atoms with van der Waals surface area (Å²) in [6.45, 7) is 1.58. The van der Waals surface area contributed by atoms with Crippen LogP contribution < -0.4 is 16.2 Å². The first-order valence-electron chi connectivity index (χ1n) is 6.24. The van der Waals surface area contributed by atoms with E-state index in [1.165, 1.54) is 12.1 Å². The van der Waals surface area contributed by atoms with Crippen molar-refractivity contribution in [3.63, 3.8) is 0 Å². The Labute approximate surface area is 113 Å². The lowest BCUT2D eigenvalue weighted by molar-refractivity contribution is 0.107. The van der Waals surface area contributed by atoms with E-state index in [1.54, 1.807) is 6.07 Å². The van der Waals surface area contributed by atoms with Crippen molar-refractivity contribution in [3.8, 4) is 0 Å². The van der Waals surface area contributed by atoms with E-state index in [1.807, 2.05) is 0 Å². The Hall–Kier alpha value is -1.31. The van der Waals surface area contributed by atoms with Gasteiger partial charge in [-0.3, -0.25) is 0 Å². The molecule has 19 heavy (non-hydrogen) atoms. The first kappa shape index (κ1) is 14.1. The number of primary sulfonamides is 1. The van der Waals surface area contributed by atoms with Crippen LogP contribution in [0, 0.1) is 0 Å². The lowest BCUT2D eigenvalue weighted by atomic mass is 10.2. The molecule has 0 amide bonds. The highest BCUT2D eigenvalue weighted by Crippen LogP contribution is 2.22. The Morgan fingerprint density at radius 1 is 1.42 bits per heavy atom. The molecule has 0 bridgehead atoms. The summed E-state index contributed by atoms with van der Waals surface area (Å²) in [6.07, 6.45) is 3.45. The van der Waals surface area contributed by atoms with Crippen molar-refractivity contribution in [2.45, 2.75) is 30.3 Å². The summed E-state index contributed by atoms with van der Waals surface area (Å²) in [5.74, 6) is 0. The Bertz CT molecular complexity index is 539. The standard InChI is InChI=1S/C12H19N3O3S/c13-11-8-10(19(14,16)17)3-4-12(11)15-6-5-9-2-1-7-18-9/h3-4,8-9,15H,1-2,5-7,13H2,(H2,14,16,17). The van der Waals surface area contributed by atoms with E-state index < -0.39 is 10.0 Å². The summed E-state index contributed by atoms with van der Waals surface area (Å²) in [5, 5.41) is 8.22. The van der Waals surface area contributed by atoms with Crippen LogP contribution in [0.1, 0.15) is 19.3 Å². The van der Waals surface area contributed by atoms with Crippen molar-refractivity contribution >= 4 is 21.4 Å². The minimum absolute atomic E-state index is 0.0228. The smallest absolute Gasteiger partial charge is 0.238 e. The van der Waals surface area contributed by atoms with Gasteiger partial charge in [-0.25, -0.2) is 13.6 Å². The number of nitrogens with one attached hydrogen (secondary N) is 1. The largest absolute Gasteiger partial charge is 0.397 e. The summed E-state index contributed by atoms with van der Waals surface area (Å²) < 4.78 is 27.9. The van der Waals surface area contributed by atoms with E-state index in [0.717, 1.165) is 32.4 Å². The van der Waals surface area contributed by atoms with Gasteiger partial charge in [0, 0.05) is 13.2 Å². The highest BCUT2D eigenvalue weighted by Gasteiger charge is 2.15. The molecule has 5 N–H and O–H groups in total. The van der Waals surface area contributed by atoms with E-state index in [2.05, 4.69) is 5.32 Å². The number of ether oxygens (including phenoxy) is 1. The number of sulfonamides is 1. The van der Waals surface area contributed by atoms with E-state index in [0.29, 0.717) is 17.5 Å². The van der Waals surface area contributed by atoms with Crippen molar-refractivity contribution in [2.75, 3.05) is 24.2 Å². The summed E-state index contributed by atoms with van der Waals surface area (Å²) in [5.41, 5.74) is 6.89. The quantitative estimate of drug-likeness (QED) is 0.697. The van der Waals surface area contributed by atoms with Gasteiger partial charge in [0.1, 0.15) is 0 Å². The molecular weight excluding hydrogens is 266 g/mol. The molecule has 0 aliphatic carbocycles. The second-order valence-electron chi connectivity index (χ2n) is 4.64. The van der Waals surface area contributed by atoms with Crippen molar-refractivity contribution in [3.05, 3.63) is 18.2 Å². The number of hydrogen-bond donors (Lipinski definition) is 3. The molecule has 7 heteroatoms. The highest BCUT2D eigenvalue weighted by molar-refractivity contribution is 7.89. The van der Waals surface area contributed by atoms with Gasteiger partial charge in [0.2, 0.25) is 10.0 Å². The van der Waals surface area contributed by atoms with Gasteiger partial charge in [-0.05, 0) is 37.5 Å². The molecule has 1 saturated heterocycles. The third kappa shape index (κ3) is 3.82. The average molecular weight is 285 g/mol. The maximum Gasteiger partial charge on any atom is 0.238 e. The summed E-state index contributed by atoms with van der Waals surface area (Å²) >= 11 is 0. The first-order valence-corrected chi connectivity index (χ1v) is 7.79. The van der Waals surface area contributed by atoms with Gasteiger partial charge < -0.3 is 15.8 Å². The number of hydrogen-bond acceptors (Lipinski definition) is 5. The van der Waals surface area contributed by atoms with Crippen molar-refractivity contribution in [1.82, 2.24) is 0 Å². The Morgan fingerprint density at radius 3 is 2.79 bits per heavy atom. The predicted molar refractivity (Wildman–Crippen MR) is 74.3 cm³/mol. The maximum atomic E-state index is 11.2. The number of benzene rings is 1. The van der Waals surface area contributed by atoms with Crippen LogP contribution in [0.15, 0.2) is 23.1 Å². The number of rotatable bonds is 5. The van der Waals surface area contributed by atoms with Crippen LogP contribution in [-0.4, -0.2) is 27.7 Å². The zero-order valence-electron chi connectivity index (χ0n) is 10.6. The van der Waals surface area contributed by atoms with Crippen LogP contribution in [0.5, 0.6) is 0 Å². The number of nitrogen functional groups attached to an aromatic ring is 1. The highest BCUT2D eigenvalue weighted by atomic mass is 32.2. The molecule has 0 spiro atoms. The Kier molecular flexibility index (Phi) is 4.28. The van der Waals surface area contributed by atoms with Gasteiger partial charge >= 0.3 is 0 Å². The molecular formula is C12H19N3O3S. The van der Waals surface area contributed by atoms with Crippen LogP contribution in [0.2, 0.25) is 0 Å². The van der Waals surface area contributed by atoms with Crippen LogP contribution in [0.3, 0.4) is 0 Å². The van der Waals surface area contributed by atoms with Crippen LogP contribution in [0.4, 0.5) is 11.4 Å². The Balaban J connectivity index is 1.93. The Morgan fingerprint density at radius 2 is 2.21 bits per heavy atom. The fourth-order valence-electron chi connectivity index (χ4n) is 2.12. The molecule has 1 aromatic carbocycles. The third-order valence-corrected chi connectivity index (χ3v) is 4.07. The molecule has 0 aromatic heterocycles. The molecule has 1 fully saturated rings. The molecule has 6 nitrogen and oxygen atoms in total. The zero-order chi connectivity index (χ0) is 13.9. The second kappa shape index (κ2) is 5.77. The molecule has 1 aliphatic heterocycles. The van der Waals surface area contributed by atoms with E-state index in [9.17, 15) is 8.42 Å². The molecule has 0 radical (unpaired) electrons. The minimum Gasteiger partial charge on any atom is -0.397 e. The molecule has 1 heterocycles. The van der Waals surface area contributed by atoms with Gasteiger partial charge in [0.05, 0.1) is 22.4 Å². The van der Waals surface area contributed by atoms with Gasteiger partial charge in [0.15, 0.2) is 0 Å². The van der Waals surface area contributed by atoms with Gasteiger partial charge in [0.25, 0.3) is 0 Å². The lowest BCUT2D eigenvalue weighted by Gasteiger charge is -2.13. The van der Waals surface area contributed by atoms with Crippen molar-refractivity contribution in [2.24, 2.45) is 5.14 Å². The van der Waals surface area contributed by atoms with Crippen molar-refractivity contribution in [1.29, 1.82) is 0 Å². The molecule has 2 rings (SSSR count). The number of nitrogens with two attached hydrogens (primary N) is 2. The van der Waals surface area contributed by atoms with Crippen molar-refractivity contribution < 1.29 is 13.2 Å². The lowest BCUT2D eigenvalue weighted by Crippen LogP contribution is -2.15. The maximum absolute atomic E-state index is 11.2. The molecule has 1 aromatic rings. The first-order chi connectivity index (χ1) is 8.97. The third-order valence-electron chi connectivity index (χ3n) is 3.16. The van der Waals surface area contributed by atoms with Gasteiger partial charge in [-0.15, -0.1) is 0 Å². The van der Waals surface area contributed by atoms with Gasteiger partial charge in [-0.2, -0.15) is 0 Å². The summed E-state index contributed by atoms with van der Waals surface area (Å²) in [7, 11) is -3.70. The fraction of sp³-hybridized carbons (Fsp3) is 0.500. The predicted octanol–water partition coefficient (Wildman–Crippen LogP) is 0.897. The molecule has 1 atom stereocenters. The average Bonchev–Trinajstić information content (AvgIpc) is 2.83. The summed E-state index contributed by atoms with van der Waals surface area (Å²) in [4.78, 5) is 0.0228. The van der Waals surface area contributed by atoms with Crippen LogP contribution in [0.25, 0.3) is 0 Å². The molecule has 1 aliphatic rings. The monoisotopic (exact) mass is 285 g/mol. The van der Waals surface area contributed by atoms with E-state index >= 15 is 0 Å². The number of anilines is 2. The second-order valence-corrected chi connectivity index (χ2v) is 6.21. The SMILES string of the molecule is Nc1cc(S(N)(=O)=O)ccc1NCCC1CCCO1. The van der Waals surface area contributed by atoms with Gasteiger partial charge in [-0.1, -0.05) is 0 Å². The normalized spacial score (nSPS) is 19.5. The molecule has 0 saturated carbocycles. The van der Waals surface area contributed by atoms with Crippen LogP contribution in [-0.2, 0) is 14.8 Å². The van der Waals surface area contributed by atoms with E-state index in [-0.39, 0.29) is 4.90 Å². The summed E-state index contributed by atoms with van der Waals surface area (Å²) in [6, 6.07) is 4.44. The molecule has 1 unspecified atom stereocenters. The minimum atomic E-state index is -3.70. The van der Waals surface area contributed by atoms with Crippen LogP contribution >= 0.6 is 0 Å². The molecule has 106 valence electrons. The zero-order valence-corrected chi connectivity index (χ0v) is 11.4.